The second-order valence-corrected chi connectivity index (χ2v) is 7.13. The maximum atomic E-state index is 12.0. The molecule has 1 fully saturated rings. The number of ether oxygens (including phenoxy) is 1. The summed E-state index contributed by atoms with van der Waals surface area (Å²) in [4.78, 5) is 12.0. The molecule has 0 bridgehead atoms. The highest BCUT2D eigenvalue weighted by Gasteiger charge is 2.34. The van der Waals surface area contributed by atoms with Gasteiger partial charge in [0.05, 0.1) is 12.1 Å². The van der Waals surface area contributed by atoms with Crippen LogP contribution in [-0.2, 0) is 4.74 Å². The van der Waals surface area contributed by atoms with Crippen LogP contribution in [0.1, 0.15) is 59.8 Å². The predicted octanol–water partition coefficient (Wildman–Crippen LogP) is 2.43. The number of hydrogen-bond acceptors (Lipinski definition) is 4. The molecule has 1 aliphatic carbocycles. The van der Waals surface area contributed by atoms with Crippen LogP contribution in [0.25, 0.3) is 0 Å². The lowest BCUT2D eigenvalue weighted by Gasteiger charge is -2.37. The van der Waals surface area contributed by atoms with Gasteiger partial charge < -0.3 is 20.5 Å². The summed E-state index contributed by atoms with van der Waals surface area (Å²) >= 11 is 0. The van der Waals surface area contributed by atoms with Crippen LogP contribution in [0.4, 0.5) is 4.79 Å². The molecule has 0 aromatic rings. The molecule has 21 heavy (non-hydrogen) atoms. The van der Waals surface area contributed by atoms with E-state index in [0.29, 0.717) is 5.92 Å². The standard InChI is InChI=1S/C16H32N2O3/c1-11(19)13(18-15(20)21-16(2,3)4)14(17-5)12-9-7-6-8-10-12/h11-14,17,19H,6-10H2,1-5H3,(H,18,20)/t11-,13+,14?/m0/s1. The zero-order valence-corrected chi connectivity index (χ0v) is 14.1. The van der Waals surface area contributed by atoms with Crippen LogP contribution in [0.2, 0.25) is 0 Å². The SMILES string of the molecule is CNC(C1CCCCC1)[C@H](NC(=O)OC(C)(C)C)[C@H](C)O. The number of aliphatic hydroxyl groups excluding tert-OH is 1. The molecule has 1 rings (SSSR count). The Kier molecular flexibility index (Phi) is 6.94. The molecule has 1 unspecified atom stereocenters. The monoisotopic (exact) mass is 300 g/mol. The number of likely N-dealkylation sites (N-methyl/N-ethyl adjacent to an activating group) is 1. The minimum atomic E-state index is -0.628. The molecule has 0 radical (unpaired) electrons. The van der Waals surface area contributed by atoms with Crippen LogP contribution in [0.5, 0.6) is 0 Å². The maximum absolute atomic E-state index is 12.0. The zero-order valence-electron chi connectivity index (χ0n) is 14.1. The third-order valence-electron chi connectivity index (χ3n) is 4.08. The van der Waals surface area contributed by atoms with E-state index in [1.165, 1.54) is 19.3 Å². The van der Waals surface area contributed by atoms with Crippen molar-refractivity contribution in [2.75, 3.05) is 7.05 Å². The lowest BCUT2D eigenvalue weighted by atomic mass is 9.80. The van der Waals surface area contributed by atoms with Crippen molar-refractivity contribution in [2.24, 2.45) is 5.92 Å². The molecule has 0 spiro atoms. The Morgan fingerprint density at radius 3 is 2.24 bits per heavy atom. The molecule has 5 nitrogen and oxygen atoms in total. The minimum Gasteiger partial charge on any atom is -0.444 e. The topological polar surface area (TPSA) is 70.6 Å². The molecule has 124 valence electrons. The van der Waals surface area contributed by atoms with Gasteiger partial charge in [-0.05, 0) is 53.5 Å². The van der Waals surface area contributed by atoms with Crippen molar-refractivity contribution in [3.05, 3.63) is 0 Å². The average molecular weight is 300 g/mol. The fraction of sp³-hybridized carbons (Fsp3) is 0.938. The molecule has 5 heteroatoms. The predicted molar refractivity (Wildman–Crippen MR) is 84.3 cm³/mol. The van der Waals surface area contributed by atoms with E-state index in [2.05, 4.69) is 10.6 Å². The second kappa shape index (κ2) is 7.99. The van der Waals surface area contributed by atoms with Crippen LogP contribution in [0.3, 0.4) is 0 Å². The number of carbonyl (C=O) groups excluding carboxylic acids is 1. The molecular formula is C16H32N2O3. The maximum Gasteiger partial charge on any atom is 0.408 e. The van der Waals surface area contributed by atoms with Crippen LogP contribution in [0.15, 0.2) is 0 Å². The van der Waals surface area contributed by atoms with Gasteiger partial charge in [0.2, 0.25) is 0 Å². The summed E-state index contributed by atoms with van der Waals surface area (Å²) < 4.78 is 5.31. The van der Waals surface area contributed by atoms with Crippen molar-refractivity contribution >= 4 is 6.09 Å². The van der Waals surface area contributed by atoms with Crippen molar-refractivity contribution in [1.82, 2.24) is 10.6 Å². The summed E-state index contributed by atoms with van der Waals surface area (Å²) in [6, 6.07) is -0.272. The van der Waals surface area contributed by atoms with Crippen molar-refractivity contribution < 1.29 is 14.6 Å². The number of nitrogens with one attached hydrogen (secondary N) is 2. The summed E-state index contributed by atoms with van der Waals surface area (Å²) in [7, 11) is 1.89. The molecule has 0 saturated heterocycles. The van der Waals surface area contributed by atoms with E-state index in [4.69, 9.17) is 4.74 Å². The highest BCUT2D eigenvalue weighted by Crippen LogP contribution is 2.28. The van der Waals surface area contributed by atoms with Crippen LogP contribution in [0, 0.1) is 5.92 Å². The smallest absolute Gasteiger partial charge is 0.408 e. The van der Waals surface area contributed by atoms with E-state index in [9.17, 15) is 9.90 Å². The Morgan fingerprint density at radius 2 is 1.81 bits per heavy atom. The second-order valence-electron chi connectivity index (χ2n) is 7.13. The van der Waals surface area contributed by atoms with Gasteiger partial charge >= 0.3 is 6.09 Å². The number of hydrogen-bond donors (Lipinski definition) is 3. The van der Waals surface area contributed by atoms with E-state index in [1.807, 2.05) is 27.8 Å². The quantitative estimate of drug-likeness (QED) is 0.729. The van der Waals surface area contributed by atoms with E-state index >= 15 is 0 Å². The molecule has 0 aliphatic heterocycles. The molecule has 0 aromatic carbocycles. The first kappa shape index (κ1) is 18.2. The van der Waals surface area contributed by atoms with Crippen molar-refractivity contribution in [3.63, 3.8) is 0 Å². The Bertz CT molecular complexity index is 320. The number of carbonyl (C=O) groups is 1. The van der Waals surface area contributed by atoms with Crippen molar-refractivity contribution in [2.45, 2.75) is 83.6 Å². The normalized spacial score (nSPS) is 21.4. The molecule has 0 heterocycles. The summed E-state index contributed by atoms with van der Waals surface area (Å²) in [5.41, 5.74) is -0.534. The van der Waals surface area contributed by atoms with Gasteiger partial charge in [-0.3, -0.25) is 0 Å². The molecule has 1 aliphatic rings. The molecular weight excluding hydrogens is 268 g/mol. The Balaban J connectivity index is 2.71. The van der Waals surface area contributed by atoms with Crippen LogP contribution < -0.4 is 10.6 Å². The van der Waals surface area contributed by atoms with Gasteiger partial charge in [-0.1, -0.05) is 19.3 Å². The lowest BCUT2D eigenvalue weighted by Crippen LogP contribution is -2.58. The minimum absolute atomic E-state index is 0.0674. The third-order valence-corrected chi connectivity index (χ3v) is 4.08. The van der Waals surface area contributed by atoms with Crippen LogP contribution >= 0.6 is 0 Å². The first-order valence-corrected chi connectivity index (χ1v) is 8.09. The Labute approximate surface area is 128 Å². The van der Waals surface area contributed by atoms with E-state index < -0.39 is 17.8 Å². The first-order valence-electron chi connectivity index (χ1n) is 8.09. The van der Waals surface area contributed by atoms with Gasteiger partial charge in [0, 0.05) is 6.04 Å². The van der Waals surface area contributed by atoms with Gasteiger partial charge in [0.25, 0.3) is 0 Å². The van der Waals surface area contributed by atoms with Gasteiger partial charge in [-0.15, -0.1) is 0 Å². The van der Waals surface area contributed by atoms with Gasteiger partial charge in [0.15, 0.2) is 0 Å². The fourth-order valence-corrected chi connectivity index (χ4v) is 3.16. The van der Waals surface area contributed by atoms with Crippen molar-refractivity contribution in [1.29, 1.82) is 0 Å². The largest absolute Gasteiger partial charge is 0.444 e. The Hall–Kier alpha value is -0.810. The number of aliphatic hydroxyl groups is 1. The van der Waals surface area contributed by atoms with E-state index in [-0.39, 0.29) is 12.1 Å². The number of alkyl carbamates (subject to hydrolysis) is 1. The Morgan fingerprint density at radius 1 is 1.24 bits per heavy atom. The lowest BCUT2D eigenvalue weighted by molar-refractivity contribution is 0.0366. The molecule has 0 aromatic heterocycles. The van der Waals surface area contributed by atoms with Crippen molar-refractivity contribution in [3.8, 4) is 0 Å². The zero-order chi connectivity index (χ0) is 16.0. The number of amides is 1. The first-order chi connectivity index (χ1) is 9.74. The van der Waals surface area contributed by atoms with E-state index in [1.54, 1.807) is 6.92 Å². The summed E-state index contributed by atoms with van der Waals surface area (Å²) in [5, 5.41) is 16.2. The number of rotatable bonds is 5. The van der Waals surface area contributed by atoms with E-state index in [0.717, 1.165) is 12.8 Å². The average Bonchev–Trinajstić information content (AvgIpc) is 2.37. The van der Waals surface area contributed by atoms with Gasteiger partial charge in [-0.25, -0.2) is 4.79 Å². The van der Waals surface area contributed by atoms with Crippen LogP contribution in [-0.4, -0.2) is 42.0 Å². The summed E-state index contributed by atoms with van der Waals surface area (Å²) in [6.07, 6.45) is 4.92. The molecule has 3 N–H and O–H groups in total. The highest BCUT2D eigenvalue weighted by atomic mass is 16.6. The molecule has 1 saturated carbocycles. The van der Waals surface area contributed by atoms with Gasteiger partial charge in [0.1, 0.15) is 5.60 Å². The molecule has 1 amide bonds. The molecule has 3 atom stereocenters. The fourth-order valence-electron chi connectivity index (χ4n) is 3.16. The van der Waals surface area contributed by atoms with Gasteiger partial charge in [-0.2, -0.15) is 0 Å². The highest BCUT2D eigenvalue weighted by molar-refractivity contribution is 5.68. The summed E-state index contributed by atoms with van der Waals surface area (Å²) in [5.74, 6) is 0.485. The summed E-state index contributed by atoms with van der Waals surface area (Å²) in [6.45, 7) is 7.22. The third kappa shape index (κ3) is 6.22.